The minimum atomic E-state index is -0.114. The number of rotatable bonds is 3. The number of fused-ring (bicyclic) bond motifs is 2. The van der Waals surface area contributed by atoms with E-state index in [-0.39, 0.29) is 11.9 Å². The number of piperazine rings is 1. The average molecular weight is 362 g/mol. The van der Waals surface area contributed by atoms with Crippen molar-refractivity contribution in [3.05, 3.63) is 40.4 Å². The molecule has 1 saturated heterocycles. The number of ether oxygens (including phenoxy) is 1. The molecule has 3 N–H and O–H groups in total. The van der Waals surface area contributed by atoms with Gasteiger partial charge < -0.3 is 20.7 Å². The summed E-state index contributed by atoms with van der Waals surface area (Å²) in [6, 6.07) is 1.72. The smallest absolute Gasteiger partial charge is 0.260 e. The number of nitrogen functional groups attached to an aromatic ring is 1. The number of nitrogens with two attached hydrogens (primary N) is 1. The number of benzene rings is 1. The Kier molecular flexibility index (Phi) is 5.06. The van der Waals surface area contributed by atoms with Crippen LogP contribution in [0.4, 0.5) is 5.69 Å². The fraction of sp³-hybridized carbons (Fsp3) is 0.421. The summed E-state index contributed by atoms with van der Waals surface area (Å²) in [7, 11) is 0. The second kappa shape index (κ2) is 7.10. The zero-order valence-electron chi connectivity index (χ0n) is 14.7. The molecule has 0 bridgehead atoms. The molecule has 0 saturated carbocycles. The van der Waals surface area contributed by atoms with Crippen LogP contribution in [0, 0.1) is 0 Å². The maximum absolute atomic E-state index is 13.0. The summed E-state index contributed by atoms with van der Waals surface area (Å²) in [5, 5.41) is 3.69. The largest absolute Gasteiger partial charge is 0.489 e. The van der Waals surface area contributed by atoms with Gasteiger partial charge in [-0.05, 0) is 30.6 Å². The lowest BCUT2D eigenvalue weighted by Crippen LogP contribution is -2.54. The van der Waals surface area contributed by atoms with E-state index in [0.29, 0.717) is 47.3 Å². The number of halogens is 1. The van der Waals surface area contributed by atoms with Gasteiger partial charge in [0.15, 0.2) is 5.75 Å². The highest BCUT2D eigenvalue weighted by molar-refractivity contribution is 6.35. The number of anilines is 1. The van der Waals surface area contributed by atoms with Crippen LogP contribution >= 0.6 is 11.6 Å². The van der Waals surface area contributed by atoms with E-state index >= 15 is 0 Å². The second-order valence-electron chi connectivity index (χ2n) is 6.47. The number of nitrogens with one attached hydrogen (secondary N) is 1. The Hall–Kier alpha value is -1.98. The lowest BCUT2D eigenvalue weighted by molar-refractivity contribution is 0.0607. The number of hydrogen-bond acceptors (Lipinski definition) is 4. The predicted octanol–water partition coefficient (Wildman–Crippen LogP) is 3.10. The van der Waals surface area contributed by atoms with Crippen molar-refractivity contribution in [1.29, 1.82) is 0 Å². The van der Waals surface area contributed by atoms with Crippen molar-refractivity contribution < 1.29 is 9.53 Å². The molecule has 1 amide bonds. The van der Waals surface area contributed by atoms with Crippen LogP contribution in [0.5, 0.6) is 5.75 Å². The van der Waals surface area contributed by atoms with Crippen molar-refractivity contribution >= 4 is 28.8 Å². The van der Waals surface area contributed by atoms with Crippen LogP contribution in [-0.4, -0.2) is 43.1 Å². The topological polar surface area (TPSA) is 67.6 Å². The number of carbonyl (C=O) groups is 1. The van der Waals surface area contributed by atoms with E-state index in [1.165, 1.54) is 0 Å². The van der Waals surface area contributed by atoms with E-state index in [2.05, 4.69) is 24.9 Å². The van der Waals surface area contributed by atoms with Crippen molar-refractivity contribution in [2.75, 3.05) is 32.0 Å². The molecule has 0 spiro atoms. The summed E-state index contributed by atoms with van der Waals surface area (Å²) in [6.07, 6.45) is 2.99. The highest BCUT2D eigenvalue weighted by Gasteiger charge is 2.35. The Morgan fingerprint density at radius 1 is 1.60 bits per heavy atom. The molecular formula is C19H24ClN3O2. The van der Waals surface area contributed by atoms with Gasteiger partial charge in [-0.1, -0.05) is 31.2 Å². The highest BCUT2D eigenvalue weighted by atomic mass is 35.5. The van der Waals surface area contributed by atoms with Gasteiger partial charge in [-0.15, -0.1) is 0 Å². The van der Waals surface area contributed by atoms with Gasteiger partial charge >= 0.3 is 0 Å². The first-order chi connectivity index (χ1) is 12.0. The van der Waals surface area contributed by atoms with E-state index in [0.717, 1.165) is 24.1 Å². The van der Waals surface area contributed by atoms with Gasteiger partial charge in [-0.25, -0.2) is 0 Å². The van der Waals surface area contributed by atoms with E-state index < -0.39 is 0 Å². The predicted molar refractivity (Wildman–Crippen MR) is 102 cm³/mol. The summed E-state index contributed by atoms with van der Waals surface area (Å²) in [5.41, 5.74) is 9.52. The standard InChI is InChI=1S/C19H24ClN3O2/c1-4-5-11(2)12(3)14-8-15(21)16-18(17(14)20)25-10-13-9-22-6-7-23(13)19(16)24/h5,8,13,22H,3-4,6-7,9-10,21H2,1-2H3/b11-5-. The van der Waals surface area contributed by atoms with E-state index in [9.17, 15) is 4.79 Å². The van der Waals surface area contributed by atoms with Gasteiger partial charge in [-0.2, -0.15) is 0 Å². The fourth-order valence-corrected chi connectivity index (χ4v) is 3.69. The van der Waals surface area contributed by atoms with Gasteiger partial charge in [0, 0.05) is 30.9 Å². The Balaban J connectivity index is 2.09. The lowest BCUT2D eigenvalue weighted by Gasteiger charge is -2.33. The first-order valence-corrected chi connectivity index (χ1v) is 8.96. The lowest BCUT2D eigenvalue weighted by atomic mass is 9.96. The van der Waals surface area contributed by atoms with E-state index in [1.54, 1.807) is 6.07 Å². The maximum Gasteiger partial charge on any atom is 0.260 e. The van der Waals surface area contributed by atoms with Gasteiger partial charge in [0.2, 0.25) is 0 Å². The molecule has 6 heteroatoms. The summed E-state index contributed by atoms with van der Waals surface area (Å²) < 4.78 is 5.96. The van der Waals surface area contributed by atoms with Crippen molar-refractivity contribution in [2.45, 2.75) is 26.3 Å². The number of allylic oxidation sites excluding steroid dienone is 3. The molecule has 0 aromatic heterocycles. The summed E-state index contributed by atoms with van der Waals surface area (Å²) in [4.78, 5) is 14.8. The normalized spacial score (nSPS) is 20.4. The van der Waals surface area contributed by atoms with Crippen LogP contribution in [0.2, 0.25) is 5.02 Å². The maximum atomic E-state index is 13.0. The minimum absolute atomic E-state index is 0.0162. The van der Waals surface area contributed by atoms with Crippen LogP contribution in [0.1, 0.15) is 36.2 Å². The van der Waals surface area contributed by atoms with Gasteiger partial charge in [0.1, 0.15) is 12.2 Å². The average Bonchev–Trinajstić information content (AvgIpc) is 2.75. The molecular weight excluding hydrogens is 338 g/mol. The Bertz CT molecular complexity index is 758. The molecule has 0 radical (unpaired) electrons. The molecule has 3 rings (SSSR count). The molecule has 1 aromatic rings. The van der Waals surface area contributed by atoms with Crippen LogP contribution in [0.3, 0.4) is 0 Å². The van der Waals surface area contributed by atoms with Crippen molar-refractivity contribution in [3.63, 3.8) is 0 Å². The molecule has 1 atom stereocenters. The second-order valence-corrected chi connectivity index (χ2v) is 6.85. The Labute approximate surface area is 153 Å². The fourth-order valence-electron chi connectivity index (χ4n) is 3.37. The first kappa shape index (κ1) is 17.8. The summed E-state index contributed by atoms with van der Waals surface area (Å²) in [6.45, 7) is 10.7. The van der Waals surface area contributed by atoms with Crippen LogP contribution in [0.15, 0.2) is 24.3 Å². The molecule has 2 aliphatic rings. The molecule has 2 aliphatic heterocycles. The first-order valence-electron chi connectivity index (χ1n) is 8.58. The van der Waals surface area contributed by atoms with Crippen LogP contribution < -0.4 is 15.8 Å². The molecule has 134 valence electrons. The van der Waals surface area contributed by atoms with Crippen molar-refractivity contribution in [1.82, 2.24) is 10.2 Å². The molecule has 2 heterocycles. The summed E-state index contributed by atoms with van der Waals surface area (Å²) in [5.74, 6) is 0.262. The van der Waals surface area contributed by atoms with Gasteiger partial charge in [0.05, 0.1) is 11.1 Å². The molecule has 1 unspecified atom stereocenters. The van der Waals surface area contributed by atoms with E-state index in [4.69, 9.17) is 22.1 Å². The van der Waals surface area contributed by atoms with Crippen LogP contribution in [-0.2, 0) is 0 Å². The molecule has 25 heavy (non-hydrogen) atoms. The Morgan fingerprint density at radius 3 is 3.08 bits per heavy atom. The zero-order valence-corrected chi connectivity index (χ0v) is 15.4. The quantitative estimate of drug-likeness (QED) is 0.641. The van der Waals surface area contributed by atoms with Crippen molar-refractivity contribution in [3.8, 4) is 5.75 Å². The third-order valence-electron chi connectivity index (χ3n) is 4.81. The number of carbonyl (C=O) groups excluding carboxylic acids is 1. The Morgan fingerprint density at radius 2 is 2.36 bits per heavy atom. The zero-order chi connectivity index (χ0) is 18.1. The van der Waals surface area contributed by atoms with Crippen molar-refractivity contribution in [2.24, 2.45) is 0 Å². The molecule has 5 nitrogen and oxygen atoms in total. The number of nitrogens with zero attached hydrogens (tertiary/aromatic N) is 1. The third-order valence-corrected chi connectivity index (χ3v) is 5.18. The summed E-state index contributed by atoms with van der Waals surface area (Å²) >= 11 is 6.62. The molecule has 0 aliphatic carbocycles. The minimum Gasteiger partial charge on any atom is -0.489 e. The third kappa shape index (κ3) is 3.14. The SMILES string of the molecule is C=C(/C(C)=C\CC)c1cc(N)c2c(c1Cl)OCC1CNCCN1C2=O. The van der Waals surface area contributed by atoms with Gasteiger partial charge in [0.25, 0.3) is 5.91 Å². The highest BCUT2D eigenvalue weighted by Crippen LogP contribution is 2.42. The monoisotopic (exact) mass is 361 g/mol. The molecule has 1 aromatic carbocycles. The number of amides is 1. The molecule has 1 fully saturated rings. The number of hydrogen-bond donors (Lipinski definition) is 2. The van der Waals surface area contributed by atoms with Gasteiger partial charge in [-0.3, -0.25) is 4.79 Å². The van der Waals surface area contributed by atoms with E-state index in [1.807, 2.05) is 11.8 Å². The van der Waals surface area contributed by atoms with Crippen LogP contribution in [0.25, 0.3) is 5.57 Å².